The summed E-state index contributed by atoms with van der Waals surface area (Å²) >= 11 is 3.31. The van der Waals surface area contributed by atoms with Crippen molar-refractivity contribution in [1.29, 1.82) is 0 Å². The topological polar surface area (TPSA) is 37.8 Å². The predicted molar refractivity (Wildman–Crippen MR) is 77.5 cm³/mol. The highest BCUT2D eigenvalue weighted by Gasteiger charge is 2.28. The zero-order valence-corrected chi connectivity index (χ0v) is 12.1. The Balaban J connectivity index is 1.70. The van der Waals surface area contributed by atoms with Gasteiger partial charge in [-0.05, 0) is 30.7 Å². The van der Waals surface area contributed by atoms with Gasteiger partial charge in [-0.2, -0.15) is 4.37 Å². The molecule has 5 heteroatoms. The zero-order chi connectivity index (χ0) is 12.4. The maximum atomic E-state index is 4.61. The molecule has 1 atom stereocenters. The van der Waals surface area contributed by atoms with Crippen molar-refractivity contribution in [3.63, 3.8) is 0 Å². The van der Waals surface area contributed by atoms with Gasteiger partial charge in [-0.1, -0.05) is 19.4 Å². The van der Waals surface area contributed by atoms with Gasteiger partial charge in [-0.3, -0.25) is 0 Å². The van der Waals surface area contributed by atoms with Gasteiger partial charge < -0.3 is 5.32 Å². The van der Waals surface area contributed by atoms with Crippen LogP contribution in [0.15, 0.2) is 17.5 Å². The second-order valence-corrected chi connectivity index (χ2v) is 6.46. The minimum atomic E-state index is 0.384. The number of aromatic nitrogens is 2. The van der Waals surface area contributed by atoms with Crippen LogP contribution in [0, 0.1) is 0 Å². The Morgan fingerprint density at radius 1 is 1.50 bits per heavy atom. The second kappa shape index (κ2) is 5.36. The third-order valence-electron chi connectivity index (χ3n) is 3.15. The molecule has 2 aromatic rings. The Bertz CT molecular complexity index is 488. The lowest BCUT2D eigenvalue weighted by Gasteiger charge is -2.15. The van der Waals surface area contributed by atoms with Gasteiger partial charge in [0.2, 0.25) is 5.13 Å². The molecule has 1 saturated carbocycles. The van der Waals surface area contributed by atoms with E-state index in [0.717, 1.165) is 17.4 Å². The Labute approximate surface area is 115 Å². The molecule has 96 valence electrons. The largest absolute Gasteiger partial charge is 0.353 e. The monoisotopic (exact) mass is 279 g/mol. The number of nitrogens with one attached hydrogen (secondary N) is 1. The van der Waals surface area contributed by atoms with Crippen molar-refractivity contribution >= 4 is 28.0 Å². The molecule has 2 heterocycles. The normalized spacial score (nSPS) is 16.7. The molecule has 0 radical (unpaired) electrons. The van der Waals surface area contributed by atoms with Crippen molar-refractivity contribution in [1.82, 2.24) is 9.36 Å². The SMILES string of the molecule is CCCC(Nc1nc(C2CC2)ns1)c1cccs1. The zero-order valence-electron chi connectivity index (χ0n) is 10.4. The third-order valence-corrected chi connectivity index (χ3v) is 4.79. The first-order valence-corrected chi connectivity index (χ1v) is 8.15. The van der Waals surface area contributed by atoms with E-state index in [9.17, 15) is 0 Å². The molecule has 0 spiro atoms. The maximum Gasteiger partial charge on any atom is 0.203 e. The van der Waals surface area contributed by atoms with Gasteiger partial charge in [0.25, 0.3) is 0 Å². The summed E-state index contributed by atoms with van der Waals surface area (Å²) in [5.41, 5.74) is 0. The molecule has 0 amide bonds. The number of rotatable bonds is 6. The molecular weight excluding hydrogens is 262 g/mol. The van der Waals surface area contributed by atoms with Gasteiger partial charge >= 0.3 is 0 Å². The van der Waals surface area contributed by atoms with E-state index in [1.807, 2.05) is 11.3 Å². The van der Waals surface area contributed by atoms with Crippen molar-refractivity contribution in [2.45, 2.75) is 44.6 Å². The summed E-state index contributed by atoms with van der Waals surface area (Å²) in [6, 6.07) is 4.69. The number of anilines is 1. The van der Waals surface area contributed by atoms with Crippen LogP contribution in [0.1, 0.15) is 55.3 Å². The minimum absolute atomic E-state index is 0.384. The quantitative estimate of drug-likeness (QED) is 0.850. The molecule has 0 saturated heterocycles. The standard InChI is InChI=1S/C13H17N3S2/c1-2-4-10(11-5-3-8-17-11)14-13-15-12(16-18-13)9-6-7-9/h3,5,8-10H,2,4,6-7H2,1H3,(H,14,15,16). The Morgan fingerprint density at radius 3 is 3.06 bits per heavy atom. The lowest BCUT2D eigenvalue weighted by atomic mass is 10.1. The summed E-state index contributed by atoms with van der Waals surface area (Å²) in [4.78, 5) is 5.99. The summed E-state index contributed by atoms with van der Waals surface area (Å²) in [7, 11) is 0. The van der Waals surface area contributed by atoms with E-state index >= 15 is 0 Å². The first-order valence-electron chi connectivity index (χ1n) is 6.50. The van der Waals surface area contributed by atoms with Crippen LogP contribution in [0.2, 0.25) is 0 Å². The molecule has 18 heavy (non-hydrogen) atoms. The smallest absolute Gasteiger partial charge is 0.203 e. The summed E-state index contributed by atoms with van der Waals surface area (Å²) < 4.78 is 4.44. The van der Waals surface area contributed by atoms with Crippen LogP contribution in [0.4, 0.5) is 5.13 Å². The van der Waals surface area contributed by atoms with Gasteiger partial charge in [-0.25, -0.2) is 4.98 Å². The first kappa shape index (κ1) is 12.1. The molecule has 0 aliphatic heterocycles. The number of hydrogen-bond acceptors (Lipinski definition) is 5. The molecular formula is C13H17N3S2. The molecule has 0 aromatic carbocycles. The van der Waals surface area contributed by atoms with Crippen LogP contribution >= 0.6 is 22.9 Å². The van der Waals surface area contributed by atoms with E-state index in [1.165, 1.54) is 35.7 Å². The fourth-order valence-corrected chi connectivity index (χ4v) is 3.53. The highest BCUT2D eigenvalue weighted by atomic mass is 32.1. The number of hydrogen-bond donors (Lipinski definition) is 1. The molecule has 1 aliphatic carbocycles. The summed E-state index contributed by atoms with van der Waals surface area (Å²) in [6.45, 7) is 2.22. The van der Waals surface area contributed by atoms with Gasteiger partial charge in [-0.15, -0.1) is 11.3 Å². The average molecular weight is 279 g/mol. The molecule has 2 aromatic heterocycles. The van der Waals surface area contributed by atoms with Crippen molar-refractivity contribution in [3.05, 3.63) is 28.2 Å². The molecule has 3 rings (SSSR count). The molecule has 3 nitrogen and oxygen atoms in total. The summed E-state index contributed by atoms with van der Waals surface area (Å²) in [5.74, 6) is 1.69. The summed E-state index contributed by atoms with van der Waals surface area (Å²) in [5, 5.41) is 6.65. The Morgan fingerprint density at radius 2 is 2.39 bits per heavy atom. The highest BCUT2D eigenvalue weighted by molar-refractivity contribution is 7.10. The van der Waals surface area contributed by atoms with E-state index in [4.69, 9.17) is 0 Å². The van der Waals surface area contributed by atoms with Gasteiger partial charge in [0.15, 0.2) is 0 Å². The second-order valence-electron chi connectivity index (χ2n) is 4.73. The third kappa shape index (κ3) is 2.72. The molecule has 1 aliphatic rings. The van der Waals surface area contributed by atoms with Crippen molar-refractivity contribution < 1.29 is 0 Å². The maximum absolute atomic E-state index is 4.61. The van der Waals surface area contributed by atoms with Crippen LogP contribution in [0.3, 0.4) is 0 Å². The van der Waals surface area contributed by atoms with Crippen LogP contribution < -0.4 is 5.32 Å². The fourth-order valence-electron chi connectivity index (χ4n) is 2.01. The van der Waals surface area contributed by atoms with Crippen molar-refractivity contribution in [2.24, 2.45) is 0 Å². The summed E-state index contributed by atoms with van der Waals surface area (Å²) in [6.07, 6.45) is 4.84. The van der Waals surface area contributed by atoms with Crippen LogP contribution in [-0.4, -0.2) is 9.36 Å². The van der Waals surface area contributed by atoms with Gasteiger partial charge in [0, 0.05) is 22.3 Å². The van der Waals surface area contributed by atoms with Crippen LogP contribution in [0.5, 0.6) is 0 Å². The highest BCUT2D eigenvalue weighted by Crippen LogP contribution is 2.39. The molecule has 1 fully saturated rings. The van der Waals surface area contributed by atoms with E-state index < -0.39 is 0 Å². The van der Waals surface area contributed by atoms with E-state index in [1.54, 1.807) is 0 Å². The fraction of sp³-hybridized carbons (Fsp3) is 0.538. The Hall–Kier alpha value is -0.940. The van der Waals surface area contributed by atoms with Gasteiger partial charge in [0.05, 0.1) is 6.04 Å². The molecule has 0 bridgehead atoms. The minimum Gasteiger partial charge on any atom is -0.353 e. The molecule has 1 unspecified atom stereocenters. The predicted octanol–water partition coefficient (Wildman–Crippen LogP) is 4.43. The van der Waals surface area contributed by atoms with Crippen LogP contribution in [0.25, 0.3) is 0 Å². The average Bonchev–Trinajstić information content (AvgIpc) is 2.92. The number of thiophene rings is 1. The molecule has 1 N–H and O–H groups in total. The van der Waals surface area contributed by atoms with E-state index in [2.05, 4.69) is 39.1 Å². The lowest BCUT2D eigenvalue weighted by Crippen LogP contribution is -2.08. The van der Waals surface area contributed by atoms with Crippen LogP contribution in [-0.2, 0) is 0 Å². The number of nitrogens with zero attached hydrogens (tertiary/aromatic N) is 2. The van der Waals surface area contributed by atoms with E-state index in [0.29, 0.717) is 12.0 Å². The van der Waals surface area contributed by atoms with Gasteiger partial charge in [0.1, 0.15) is 5.82 Å². The van der Waals surface area contributed by atoms with E-state index in [-0.39, 0.29) is 0 Å². The van der Waals surface area contributed by atoms with Crippen molar-refractivity contribution in [2.75, 3.05) is 5.32 Å². The first-order chi connectivity index (χ1) is 8.86. The Kier molecular flexibility index (Phi) is 3.61. The lowest BCUT2D eigenvalue weighted by molar-refractivity contribution is 0.686. The van der Waals surface area contributed by atoms with Crippen molar-refractivity contribution in [3.8, 4) is 0 Å².